The highest BCUT2D eigenvalue weighted by Gasteiger charge is 2.33. The summed E-state index contributed by atoms with van der Waals surface area (Å²) < 4.78 is 34.1. The molecule has 2 saturated carbocycles. The third-order valence-electron chi connectivity index (χ3n) is 15.5. The van der Waals surface area contributed by atoms with Crippen molar-refractivity contribution in [2.45, 2.75) is 103 Å². The second kappa shape index (κ2) is 28.1. The lowest BCUT2D eigenvalue weighted by Gasteiger charge is -2.36. The molecule has 0 unspecified atom stereocenters. The Bertz CT molecular complexity index is 3580. The van der Waals surface area contributed by atoms with Crippen molar-refractivity contribution in [3.63, 3.8) is 0 Å². The van der Waals surface area contributed by atoms with Crippen molar-refractivity contribution in [2.75, 3.05) is 49.1 Å². The Kier molecular flexibility index (Phi) is 20.7. The molecule has 1 amide bonds. The molecule has 13 nitrogen and oxygen atoms in total. The van der Waals surface area contributed by atoms with Crippen LogP contribution in [0.2, 0.25) is 0 Å². The van der Waals surface area contributed by atoms with Crippen molar-refractivity contribution >= 4 is 119 Å². The number of piperazine rings is 1. The van der Waals surface area contributed by atoms with E-state index in [9.17, 15) is 13.6 Å². The maximum atomic E-state index is 14.3. The number of hydrogen-bond acceptors (Lipinski definition) is 12. The first-order valence-electron chi connectivity index (χ1n) is 29.0. The van der Waals surface area contributed by atoms with Crippen molar-refractivity contribution < 1.29 is 18.3 Å². The van der Waals surface area contributed by atoms with Crippen LogP contribution < -0.4 is 9.80 Å². The van der Waals surface area contributed by atoms with E-state index in [0.29, 0.717) is 73.6 Å². The fourth-order valence-electron chi connectivity index (χ4n) is 10.8. The average Bonchev–Trinajstić information content (AvgIpc) is 2.41. The Hall–Kier alpha value is -6.84. The lowest BCUT2D eigenvalue weighted by molar-refractivity contribution is 0.0240. The van der Waals surface area contributed by atoms with E-state index >= 15 is 0 Å². The van der Waals surface area contributed by atoms with Gasteiger partial charge in [0.15, 0.2) is 11.6 Å². The van der Waals surface area contributed by atoms with Crippen LogP contribution in [0.5, 0.6) is 0 Å². The van der Waals surface area contributed by atoms with Gasteiger partial charge in [-0.25, -0.2) is 33.5 Å². The number of halogens is 2. The number of benzene rings is 2. The van der Waals surface area contributed by atoms with E-state index in [2.05, 4.69) is 29.7 Å². The number of carbonyl (C=O) groups excluding carboxylic acids is 1. The molecular formula is C59H63B11F2N11O2. The molecule has 26 heteroatoms. The topological polar surface area (TPSA) is 139 Å². The zero-order valence-corrected chi connectivity index (χ0v) is 48.0. The van der Waals surface area contributed by atoms with Gasteiger partial charge >= 0.3 is 6.09 Å². The van der Waals surface area contributed by atoms with E-state index in [1.54, 1.807) is 47.8 Å². The van der Waals surface area contributed by atoms with Gasteiger partial charge in [0, 0.05) is 189 Å². The van der Waals surface area contributed by atoms with Gasteiger partial charge in [0.05, 0.1) is 23.4 Å². The number of hydrogen-bond donors (Lipinski definition) is 0. The van der Waals surface area contributed by atoms with Gasteiger partial charge in [-0.1, -0.05) is 43.8 Å². The van der Waals surface area contributed by atoms with Crippen molar-refractivity contribution in [3.8, 4) is 22.8 Å². The summed E-state index contributed by atoms with van der Waals surface area (Å²) in [7, 11) is 33.5. The first-order valence-corrected chi connectivity index (χ1v) is 29.0. The Balaban J connectivity index is 0.000000174. The van der Waals surface area contributed by atoms with Crippen LogP contribution in [0.15, 0.2) is 110 Å². The number of amides is 1. The largest absolute Gasteiger partial charge is 0.444 e. The second-order valence-corrected chi connectivity index (χ2v) is 23.1. The van der Waals surface area contributed by atoms with E-state index in [-0.39, 0.29) is 31.5 Å². The molecule has 413 valence electrons. The van der Waals surface area contributed by atoms with Gasteiger partial charge in [-0.2, -0.15) is 0 Å². The number of pyridine rings is 4. The maximum absolute atomic E-state index is 14.3. The molecule has 2 saturated heterocycles. The average molecular weight is 1120 g/mol. The predicted octanol–water partition coefficient (Wildman–Crippen LogP) is 7.88. The smallest absolute Gasteiger partial charge is 0.410 e. The van der Waals surface area contributed by atoms with Gasteiger partial charge in [0.25, 0.3) is 0 Å². The standard InChI is InChI=1S/C31H33FN6O2.C27H26FN5.CH4.B11/c1-31(2,3)40-30(39)38-14-12-37(13-15-38)29-27-24(20-8-9-20)18-33-19-26(27)35-28(36-29)22-10-11-34-23(17-22)16-21-6-4-5-7-25(21)32;28-23-7-3-2-6-19(23)14-21-15-20(10-11-30-21)26-31-24-17-29-16-22(18-8-9-18)25(24)27(32-26)33-12-4-1-5-13-33;;1-7-10(6)11(8(2)3)9(4)5/h4-7,10-11,17-20H,8-9,12-16H2,1-3H3;2-3,6-7,10-11,15-18H,1,4-5,8-9,12-14H2;1H4;. The Labute approximate surface area is 509 Å². The van der Waals surface area contributed by atoms with Crippen LogP contribution >= 0.6 is 0 Å². The van der Waals surface area contributed by atoms with Crippen LogP contribution in [-0.4, -0.2) is 175 Å². The highest BCUT2D eigenvalue weighted by molar-refractivity contribution is 8.02. The summed E-state index contributed by atoms with van der Waals surface area (Å²) >= 11 is 0. The fraction of sp³-hybridized carbons (Fsp3) is 0.373. The first kappa shape index (κ1) is 62.7. The molecule has 12 rings (SSSR count). The van der Waals surface area contributed by atoms with Crippen molar-refractivity contribution in [3.05, 3.63) is 155 Å². The van der Waals surface area contributed by atoms with Gasteiger partial charge in [0.2, 0.25) is 0 Å². The van der Waals surface area contributed by atoms with Gasteiger partial charge in [0.1, 0.15) is 28.9 Å². The molecule has 85 heavy (non-hydrogen) atoms. The third-order valence-corrected chi connectivity index (χ3v) is 15.5. The second-order valence-electron chi connectivity index (χ2n) is 23.1. The monoisotopic (exact) mass is 1120 g/mol. The number of carbonyl (C=O) groups is 1. The molecular weight excluding hydrogens is 1050 g/mol. The summed E-state index contributed by atoms with van der Waals surface area (Å²) in [4.78, 5) is 57.2. The molecule has 0 bridgehead atoms. The lowest BCUT2D eigenvalue weighted by Crippen LogP contribution is -2.63. The highest BCUT2D eigenvalue weighted by Crippen LogP contribution is 2.46. The van der Waals surface area contributed by atoms with E-state index in [1.165, 1.54) is 67.8 Å². The Morgan fingerprint density at radius 2 is 1.07 bits per heavy atom. The molecule has 4 fully saturated rings. The van der Waals surface area contributed by atoms with Crippen molar-refractivity contribution in [2.24, 2.45) is 0 Å². The molecule has 2 aliphatic carbocycles. The summed E-state index contributed by atoms with van der Waals surface area (Å²) in [6, 6.07) is 21.3. The zero-order valence-electron chi connectivity index (χ0n) is 48.0. The Morgan fingerprint density at radius 1 is 0.624 bits per heavy atom. The molecule has 2 aliphatic heterocycles. The van der Waals surface area contributed by atoms with Crippen LogP contribution in [-0.2, 0) is 17.6 Å². The van der Waals surface area contributed by atoms with E-state index in [0.717, 1.165) is 76.5 Å². The molecule has 13 radical (unpaired) electrons. The van der Waals surface area contributed by atoms with Crippen molar-refractivity contribution in [1.29, 1.82) is 0 Å². The van der Waals surface area contributed by atoms with Crippen LogP contribution in [0, 0.1) is 11.6 Å². The maximum Gasteiger partial charge on any atom is 0.410 e. The van der Waals surface area contributed by atoms with Gasteiger partial charge in [-0.05, 0) is 136 Å². The van der Waals surface area contributed by atoms with Crippen molar-refractivity contribution in [1.82, 2.24) is 44.8 Å². The van der Waals surface area contributed by atoms with Crippen LogP contribution in [0.3, 0.4) is 0 Å². The number of aromatic nitrogens is 8. The van der Waals surface area contributed by atoms with Crippen LogP contribution in [0.1, 0.15) is 119 Å². The lowest BCUT2D eigenvalue weighted by atomic mass is 8.56. The molecule has 8 heterocycles. The normalized spacial score (nSPS) is 14.9. The first-order chi connectivity index (χ1) is 40.5. The number of nitrogens with zero attached hydrogens (tertiary/aromatic N) is 11. The molecule has 2 aromatic carbocycles. The van der Waals surface area contributed by atoms with Crippen LogP contribution in [0.25, 0.3) is 44.6 Å². The van der Waals surface area contributed by atoms with Gasteiger partial charge < -0.3 is 19.4 Å². The number of anilines is 2. The number of fused-ring (bicyclic) bond motifs is 2. The minimum absolute atomic E-state index is 0. The van der Waals surface area contributed by atoms with E-state index < -0.39 is 24.8 Å². The summed E-state index contributed by atoms with van der Waals surface area (Å²) in [5.74, 6) is 3.74. The predicted molar refractivity (Wildman–Crippen MR) is 350 cm³/mol. The van der Waals surface area contributed by atoms with E-state index in [1.807, 2.05) is 75.8 Å². The summed E-state index contributed by atoms with van der Waals surface area (Å²) in [5, 5.41) is 2.20. The minimum Gasteiger partial charge on any atom is -0.444 e. The number of piperidine rings is 1. The summed E-state index contributed by atoms with van der Waals surface area (Å²) in [6.07, 6.45) is 17.8. The minimum atomic E-state index is -0.648. The highest BCUT2D eigenvalue weighted by atomic mass is 19.1. The molecule has 0 spiro atoms. The van der Waals surface area contributed by atoms with E-state index in [4.69, 9.17) is 71.1 Å². The summed E-state index contributed by atoms with van der Waals surface area (Å²) in [6.45, 7) is 10.0. The molecule has 0 atom stereocenters. The molecule has 0 N–H and O–H groups in total. The zero-order chi connectivity index (χ0) is 59.1. The molecule has 6 aromatic heterocycles. The van der Waals surface area contributed by atoms with Gasteiger partial charge in [-0.15, -0.1) is 0 Å². The fourth-order valence-corrected chi connectivity index (χ4v) is 10.8. The van der Waals surface area contributed by atoms with Gasteiger partial charge in [-0.3, -0.25) is 19.9 Å². The number of rotatable bonds is 14. The number of ether oxygens (including phenoxy) is 1. The quantitative estimate of drug-likeness (QED) is 0.0980. The van der Waals surface area contributed by atoms with Crippen LogP contribution in [0.4, 0.5) is 25.2 Å². The third kappa shape index (κ3) is 15.8. The molecule has 8 aromatic rings. The Morgan fingerprint density at radius 3 is 1.47 bits per heavy atom. The SMILES string of the molecule is C.CC(C)(C)OC(=O)N1CCN(c2nc(-c3ccnc(Cc4ccccc4F)c3)nc3cncc(C4CC4)c23)CC1.Fc1ccccc1Cc1cc(-c2nc(N3CCCCC3)c3c(C4CC4)cncc3n2)ccn1.[B][B]B([B])B(B([B])[B])B([B])[B]. The summed E-state index contributed by atoms with van der Waals surface area (Å²) in [5.41, 5.74) is 8.11. The molecule has 4 aliphatic rings.